The lowest BCUT2D eigenvalue weighted by atomic mass is 9.72. The number of nitrogens with one attached hydrogen (secondary N) is 1. The number of hydrogen-bond acceptors (Lipinski definition) is 19. The van der Waals surface area contributed by atoms with E-state index in [-0.39, 0.29) is 49.7 Å². The fourth-order valence-electron chi connectivity index (χ4n) is 9.75. The first kappa shape index (κ1) is 48.7. The molecule has 1 unspecified atom stereocenters. The number of thiophene rings is 1. The SMILES string of the molecule is Cc1ncsc1-c1ccc(CNC(=O)[C@@H]2C[C@@H](O)CN2C(=O)C(c2cc(OCCOCCN3CCCN(c4nccc(-c5noc([C@@]6(C)CCCc7sc(N)c(C#N)c76)n5)n4)CC3)no2)C(C)C)cc1. The molecule has 0 saturated carbocycles. The molecule has 2 saturated heterocycles. The Bertz CT molecular complexity index is 2820. The Morgan fingerprint density at radius 1 is 1.06 bits per heavy atom. The molecule has 3 aliphatic rings. The van der Waals surface area contributed by atoms with E-state index in [9.17, 15) is 20.0 Å². The predicted molar refractivity (Wildman–Crippen MR) is 262 cm³/mol. The first-order valence-corrected chi connectivity index (χ1v) is 25.5. The number of likely N-dealkylation sites (tertiary alicyclic amines) is 1. The molecule has 4 N–H and O–H groups in total. The molecule has 5 aromatic heterocycles. The minimum absolute atomic E-state index is 0.0425. The van der Waals surface area contributed by atoms with Gasteiger partial charge >= 0.3 is 0 Å². The summed E-state index contributed by atoms with van der Waals surface area (Å²) in [7, 11) is 0. The first-order valence-electron chi connectivity index (χ1n) is 23.8. The number of β-amino-alcohol motifs (C(OH)–C–C–N with tert-alkyl or cyclic N) is 1. The third kappa shape index (κ3) is 10.4. The molecular formula is C49H58N12O7S2. The number of thiazole rings is 1. The van der Waals surface area contributed by atoms with E-state index in [0.717, 1.165) is 90.5 Å². The monoisotopic (exact) mass is 990 g/mol. The lowest BCUT2D eigenvalue weighted by Gasteiger charge is -2.30. The summed E-state index contributed by atoms with van der Waals surface area (Å²) in [5.74, 6) is 0.405. The maximum atomic E-state index is 14.1. The number of nitriles is 1. The Morgan fingerprint density at radius 2 is 1.90 bits per heavy atom. The fourth-order valence-corrected chi connectivity index (χ4v) is 11.8. The minimum atomic E-state index is -0.829. The van der Waals surface area contributed by atoms with Crippen LogP contribution in [0, 0.1) is 24.2 Å². The molecule has 9 rings (SSSR count). The number of nitrogen functional groups attached to an aromatic ring is 1. The highest BCUT2D eigenvalue weighted by molar-refractivity contribution is 7.16. The van der Waals surface area contributed by atoms with Crippen molar-refractivity contribution in [3.63, 3.8) is 0 Å². The number of fused-ring (bicyclic) bond motifs is 1. The third-order valence-corrected chi connectivity index (χ3v) is 15.5. The molecule has 19 nitrogen and oxygen atoms in total. The lowest BCUT2D eigenvalue weighted by molar-refractivity contribution is -0.141. The Balaban J connectivity index is 0.715. The van der Waals surface area contributed by atoms with Crippen LogP contribution in [0.5, 0.6) is 5.88 Å². The number of benzene rings is 1. The second-order valence-electron chi connectivity index (χ2n) is 18.6. The lowest BCUT2D eigenvalue weighted by Crippen LogP contribution is -2.48. The van der Waals surface area contributed by atoms with Gasteiger partial charge in [0.25, 0.3) is 5.88 Å². The topological polar surface area (TPSA) is 248 Å². The second kappa shape index (κ2) is 21.4. The molecule has 368 valence electrons. The summed E-state index contributed by atoms with van der Waals surface area (Å²) >= 11 is 3.05. The highest BCUT2D eigenvalue weighted by Crippen LogP contribution is 2.48. The van der Waals surface area contributed by atoms with Crippen LogP contribution < -0.4 is 20.7 Å². The zero-order chi connectivity index (χ0) is 48.9. The first-order chi connectivity index (χ1) is 33.9. The number of ether oxygens (including phenoxy) is 2. The van der Waals surface area contributed by atoms with Crippen LogP contribution in [0.25, 0.3) is 22.0 Å². The summed E-state index contributed by atoms with van der Waals surface area (Å²) in [6.45, 7) is 13.2. The number of nitrogens with two attached hydrogens (primary N) is 1. The van der Waals surface area contributed by atoms with Gasteiger partial charge in [-0.2, -0.15) is 10.2 Å². The predicted octanol–water partition coefficient (Wildman–Crippen LogP) is 5.73. The van der Waals surface area contributed by atoms with Crippen molar-refractivity contribution >= 4 is 45.4 Å². The van der Waals surface area contributed by atoms with E-state index >= 15 is 0 Å². The van der Waals surface area contributed by atoms with Gasteiger partial charge in [-0.05, 0) is 74.3 Å². The summed E-state index contributed by atoms with van der Waals surface area (Å²) in [6, 6.07) is 12.8. The summed E-state index contributed by atoms with van der Waals surface area (Å²) in [5.41, 5.74) is 12.4. The number of rotatable bonds is 17. The fraction of sp³-hybridized carbons (Fsp3) is 0.490. The van der Waals surface area contributed by atoms with Gasteiger partial charge in [-0.1, -0.05) is 43.3 Å². The van der Waals surface area contributed by atoms with Gasteiger partial charge in [0.15, 0.2) is 5.76 Å². The zero-order valence-corrected chi connectivity index (χ0v) is 41.4. The number of anilines is 2. The van der Waals surface area contributed by atoms with Crippen LogP contribution in [0.15, 0.2) is 57.2 Å². The molecular weight excluding hydrogens is 933 g/mol. The molecule has 0 radical (unpaired) electrons. The number of carbonyl (C=O) groups is 2. The molecule has 1 aliphatic carbocycles. The smallest absolute Gasteiger partial charge is 0.254 e. The maximum Gasteiger partial charge on any atom is 0.254 e. The van der Waals surface area contributed by atoms with Gasteiger partial charge in [-0.15, -0.1) is 22.7 Å². The zero-order valence-electron chi connectivity index (χ0n) is 39.8. The molecule has 2 aliphatic heterocycles. The van der Waals surface area contributed by atoms with Crippen molar-refractivity contribution in [3.05, 3.63) is 87.0 Å². The molecule has 2 amide bonds. The molecule has 0 bridgehead atoms. The Kier molecular flexibility index (Phi) is 14.9. The highest BCUT2D eigenvalue weighted by atomic mass is 32.1. The normalized spacial score (nSPS) is 20.0. The molecule has 21 heteroatoms. The summed E-state index contributed by atoms with van der Waals surface area (Å²) in [4.78, 5) is 54.4. The highest BCUT2D eigenvalue weighted by Gasteiger charge is 2.44. The van der Waals surface area contributed by atoms with Crippen molar-refractivity contribution in [2.24, 2.45) is 5.92 Å². The van der Waals surface area contributed by atoms with Gasteiger partial charge in [0, 0.05) is 68.4 Å². The summed E-state index contributed by atoms with van der Waals surface area (Å²) in [6.07, 6.45) is 4.52. The van der Waals surface area contributed by atoms with Crippen LogP contribution in [0.2, 0.25) is 0 Å². The second-order valence-corrected chi connectivity index (χ2v) is 20.6. The van der Waals surface area contributed by atoms with Crippen molar-refractivity contribution in [2.45, 2.75) is 89.8 Å². The van der Waals surface area contributed by atoms with Gasteiger partial charge in [0.2, 0.25) is 29.5 Å². The van der Waals surface area contributed by atoms with E-state index in [4.69, 9.17) is 34.2 Å². The van der Waals surface area contributed by atoms with E-state index in [1.807, 2.05) is 57.5 Å². The molecule has 2 fully saturated rings. The molecule has 4 atom stereocenters. The van der Waals surface area contributed by atoms with Gasteiger partial charge in [0.1, 0.15) is 35.3 Å². The van der Waals surface area contributed by atoms with Crippen molar-refractivity contribution in [1.82, 2.24) is 45.4 Å². The Morgan fingerprint density at radius 3 is 2.69 bits per heavy atom. The van der Waals surface area contributed by atoms with Crippen LogP contribution in [-0.4, -0.2) is 128 Å². The number of amides is 2. The number of nitrogens with zero attached hydrogens (tertiary/aromatic N) is 10. The van der Waals surface area contributed by atoms with E-state index < -0.39 is 23.5 Å². The number of hydrogen-bond donors (Lipinski definition) is 3. The number of carbonyl (C=O) groups excluding carboxylic acids is 2. The number of aryl methyl sites for hydroxylation is 2. The summed E-state index contributed by atoms with van der Waals surface area (Å²) in [5, 5.41) is 32.4. The van der Waals surface area contributed by atoms with Gasteiger partial charge in [0.05, 0.1) is 46.4 Å². The average Bonchev–Trinajstić information content (AvgIpc) is 4.21. The van der Waals surface area contributed by atoms with Crippen LogP contribution in [0.3, 0.4) is 0 Å². The van der Waals surface area contributed by atoms with Gasteiger partial charge in [-0.3, -0.25) is 14.5 Å². The maximum absolute atomic E-state index is 14.1. The molecule has 7 heterocycles. The third-order valence-electron chi connectivity index (χ3n) is 13.5. The Hall–Kier alpha value is -6.31. The molecule has 70 heavy (non-hydrogen) atoms. The van der Waals surface area contributed by atoms with E-state index in [2.05, 4.69) is 41.5 Å². The molecule has 1 aromatic carbocycles. The van der Waals surface area contributed by atoms with E-state index in [1.165, 1.54) is 16.2 Å². The van der Waals surface area contributed by atoms with Gasteiger partial charge in [-0.25, -0.2) is 15.0 Å². The van der Waals surface area contributed by atoms with Crippen LogP contribution in [-0.2, 0) is 32.7 Å². The van der Waals surface area contributed by atoms with Crippen LogP contribution >= 0.6 is 22.7 Å². The van der Waals surface area contributed by atoms with E-state index in [0.29, 0.717) is 52.9 Å². The van der Waals surface area contributed by atoms with Crippen molar-refractivity contribution < 1.29 is 33.2 Å². The van der Waals surface area contributed by atoms with Crippen molar-refractivity contribution in [1.29, 1.82) is 5.26 Å². The number of aromatic nitrogens is 6. The minimum Gasteiger partial charge on any atom is -0.473 e. The summed E-state index contributed by atoms with van der Waals surface area (Å²) < 4.78 is 23.3. The van der Waals surface area contributed by atoms with Crippen molar-refractivity contribution in [2.75, 3.05) is 69.7 Å². The van der Waals surface area contributed by atoms with Crippen LogP contribution in [0.4, 0.5) is 10.9 Å². The largest absolute Gasteiger partial charge is 0.473 e. The van der Waals surface area contributed by atoms with Gasteiger partial charge < -0.3 is 44.5 Å². The average molecular weight is 991 g/mol. The number of aliphatic hydroxyl groups excluding tert-OH is 1. The molecule has 6 aromatic rings. The number of aliphatic hydroxyl groups is 1. The molecule has 0 spiro atoms. The van der Waals surface area contributed by atoms with Crippen molar-refractivity contribution in [3.8, 4) is 33.9 Å². The standard InChI is InChI=1S/C49H58N12O7S2/c1-29(2)40(46(64)61-27-33(62)23-36(61)45(63)53-26-31-8-10-32(11-9-31)42-30(3)54-28-69-42)37-24-39(57-67-37)66-22-21-65-20-19-59-15-6-16-60(18-17-59)48-52-14-12-35(55-48)44-56-47(68-58-44)49(4)13-5-7-38-41(49)34(25-50)43(51)70-38/h8-12,14,24,28-29,33,36,40,62H,5-7,13,15-23,26-27,51H2,1-4H3,(H,53,63)/t33-,36+,40?,49+/m1/s1. The Labute approximate surface area is 414 Å². The van der Waals surface area contributed by atoms with E-state index in [1.54, 1.807) is 29.7 Å². The quantitative estimate of drug-likeness (QED) is 0.0923. The van der Waals surface area contributed by atoms with Crippen LogP contribution in [0.1, 0.15) is 91.3 Å².